The van der Waals surface area contributed by atoms with E-state index in [0.717, 1.165) is 25.9 Å². The Kier molecular flexibility index (Phi) is 4.73. The van der Waals surface area contributed by atoms with E-state index in [1.165, 1.54) is 38.8 Å². The molecule has 0 aromatic rings. The number of hydrogen-bond acceptors (Lipinski definition) is 3. The first kappa shape index (κ1) is 14.1. The van der Waals surface area contributed by atoms with E-state index in [0.29, 0.717) is 12.6 Å². The lowest BCUT2D eigenvalue weighted by atomic mass is 9.90. The van der Waals surface area contributed by atoms with Crippen molar-refractivity contribution in [1.82, 2.24) is 9.80 Å². The zero-order valence-electron chi connectivity index (χ0n) is 12.3. The van der Waals surface area contributed by atoms with Crippen LogP contribution in [-0.2, 0) is 9.53 Å². The Balaban J connectivity index is 1.53. The molecular formula is C16H26N2O2. The van der Waals surface area contributed by atoms with Crippen molar-refractivity contribution < 1.29 is 9.53 Å². The van der Waals surface area contributed by atoms with E-state index in [1.807, 2.05) is 11.0 Å². The van der Waals surface area contributed by atoms with Gasteiger partial charge in [0.05, 0.1) is 18.8 Å². The summed E-state index contributed by atoms with van der Waals surface area (Å²) >= 11 is 0. The number of carbonyl (C=O) groups excluding carboxylic acids is 1. The molecule has 2 unspecified atom stereocenters. The summed E-state index contributed by atoms with van der Waals surface area (Å²) in [6.45, 7) is 4.74. The Morgan fingerprint density at radius 2 is 1.90 bits per heavy atom. The molecule has 0 N–H and O–H groups in total. The van der Waals surface area contributed by atoms with Gasteiger partial charge in [0.2, 0.25) is 5.91 Å². The molecule has 3 aliphatic rings. The molecule has 4 nitrogen and oxygen atoms in total. The summed E-state index contributed by atoms with van der Waals surface area (Å²) in [7, 11) is 0. The average Bonchev–Trinajstić information content (AvgIpc) is 3.00. The number of likely N-dealkylation sites (tertiary alicyclic amines) is 1. The van der Waals surface area contributed by atoms with Gasteiger partial charge in [-0.2, -0.15) is 0 Å². The minimum absolute atomic E-state index is 0.185. The molecule has 1 aliphatic carbocycles. The van der Waals surface area contributed by atoms with Gasteiger partial charge in [-0.1, -0.05) is 18.9 Å². The summed E-state index contributed by atoms with van der Waals surface area (Å²) in [5.74, 6) is 0.185. The van der Waals surface area contributed by atoms with Gasteiger partial charge >= 0.3 is 0 Å². The van der Waals surface area contributed by atoms with Crippen LogP contribution in [0, 0.1) is 0 Å². The van der Waals surface area contributed by atoms with Crippen molar-refractivity contribution >= 4 is 5.91 Å². The number of ether oxygens (including phenoxy) is 1. The van der Waals surface area contributed by atoms with E-state index in [4.69, 9.17) is 4.74 Å². The summed E-state index contributed by atoms with van der Waals surface area (Å²) in [6, 6.07) is 0.321. The lowest BCUT2D eigenvalue weighted by Crippen LogP contribution is -2.54. The van der Waals surface area contributed by atoms with Crippen LogP contribution in [0.15, 0.2) is 12.2 Å². The number of carbonyl (C=O) groups is 1. The van der Waals surface area contributed by atoms with Crippen LogP contribution < -0.4 is 0 Å². The number of fused-ring (bicyclic) bond motifs is 1. The number of amides is 1. The number of morpholine rings is 1. The highest BCUT2D eigenvalue weighted by atomic mass is 16.5. The van der Waals surface area contributed by atoms with Crippen molar-refractivity contribution in [2.75, 3.05) is 32.8 Å². The van der Waals surface area contributed by atoms with E-state index in [-0.39, 0.29) is 12.0 Å². The molecular weight excluding hydrogens is 252 g/mol. The summed E-state index contributed by atoms with van der Waals surface area (Å²) in [4.78, 5) is 16.9. The topological polar surface area (TPSA) is 32.8 Å². The third-order valence-electron chi connectivity index (χ3n) is 4.84. The van der Waals surface area contributed by atoms with Crippen LogP contribution in [0.3, 0.4) is 0 Å². The van der Waals surface area contributed by atoms with Gasteiger partial charge in [0, 0.05) is 19.2 Å². The molecule has 1 saturated carbocycles. The minimum atomic E-state index is 0.185. The lowest BCUT2D eigenvalue weighted by molar-refractivity contribution is -0.144. The molecule has 0 aromatic carbocycles. The molecule has 0 bridgehead atoms. The highest BCUT2D eigenvalue weighted by Crippen LogP contribution is 2.28. The standard InChI is InChI=1S/C16H26N2O2/c19-16(8-5-11-17-9-3-4-10-17)18-12-13-20-15-7-2-1-6-14(15)18/h5,8,14-15H,1-4,6-7,9-13H2/b8-5+. The number of hydrogen-bond donors (Lipinski definition) is 0. The predicted octanol–water partition coefficient (Wildman–Crippen LogP) is 1.81. The van der Waals surface area contributed by atoms with Gasteiger partial charge in [0.1, 0.15) is 0 Å². The quantitative estimate of drug-likeness (QED) is 0.738. The van der Waals surface area contributed by atoms with Crippen LogP contribution in [0.1, 0.15) is 38.5 Å². The van der Waals surface area contributed by atoms with Crippen molar-refractivity contribution in [1.29, 1.82) is 0 Å². The van der Waals surface area contributed by atoms with Gasteiger partial charge in [0.15, 0.2) is 0 Å². The molecule has 20 heavy (non-hydrogen) atoms. The van der Waals surface area contributed by atoms with Crippen molar-refractivity contribution in [3.05, 3.63) is 12.2 Å². The SMILES string of the molecule is O=C(/C=C/CN1CCCC1)N1CCOC2CCCCC21. The zero-order valence-corrected chi connectivity index (χ0v) is 12.3. The van der Waals surface area contributed by atoms with E-state index in [9.17, 15) is 4.79 Å². The minimum Gasteiger partial charge on any atom is -0.374 e. The maximum absolute atomic E-state index is 12.4. The van der Waals surface area contributed by atoms with E-state index < -0.39 is 0 Å². The van der Waals surface area contributed by atoms with Crippen LogP contribution >= 0.6 is 0 Å². The fraction of sp³-hybridized carbons (Fsp3) is 0.812. The van der Waals surface area contributed by atoms with Crippen LogP contribution in [0.2, 0.25) is 0 Å². The molecule has 0 spiro atoms. The predicted molar refractivity (Wildman–Crippen MR) is 78.5 cm³/mol. The molecule has 2 atom stereocenters. The van der Waals surface area contributed by atoms with Crippen molar-refractivity contribution in [2.45, 2.75) is 50.7 Å². The van der Waals surface area contributed by atoms with Crippen LogP contribution in [0.25, 0.3) is 0 Å². The molecule has 0 radical (unpaired) electrons. The van der Waals surface area contributed by atoms with Crippen LogP contribution in [-0.4, -0.2) is 60.6 Å². The third-order valence-corrected chi connectivity index (χ3v) is 4.84. The lowest BCUT2D eigenvalue weighted by Gasteiger charge is -2.43. The highest BCUT2D eigenvalue weighted by Gasteiger charge is 2.35. The molecule has 3 rings (SSSR count). The van der Waals surface area contributed by atoms with E-state index >= 15 is 0 Å². The highest BCUT2D eigenvalue weighted by molar-refractivity contribution is 5.88. The Morgan fingerprint density at radius 3 is 2.75 bits per heavy atom. The van der Waals surface area contributed by atoms with Gasteiger partial charge in [-0.05, 0) is 38.8 Å². The second kappa shape index (κ2) is 6.72. The van der Waals surface area contributed by atoms with Crippen LogP contribution in [0.5, 0.6) is 0 Å². The van der Waals surface area contributed by atoms with Crippen molar-refractivity contribution in [3.8, 4) is 0 Å². The summed E-state index contributed by atoms with van der Waals surface area (Å²) in [6.07, 6.45) is 11.4. The molecule has 0 aromatic heterocycles. The van der Waals surface area contributed by atoms with Crippen molar-refractivity contribution in [3.63, 3.8) is 0 Å². The summed E-state index contributed by atoms with van der Waals surface area (Å²) in [5, 5.41) is 0. The Labute approximate surface area is 121 Å². The average molecular weight is 278 g/mol. The fourth-order valence-corrected chi connectivity index (χ4v) is 3.73. The molecule has 2 aliphatic heterocycles. The Bertz CT molecular complexity index is 361. The zero-order chi connectivity index (χ0) is 13.8. The first-order valence-corrected chi connectivity index (χ1v) is 8.16. The molecule has 112 valence electrons. The maximum atomic E-state index is 12.4. The molecule has 1 amide bonds. The van der Waals surface area contributed by atoms with Gasteiger partial charge in [0.25, 0.3) is 0 Å². The monoisotopic (exact) mass is 278 g/mol. The smallest absolute Gasteiger partial charge is 0.246 e. The normalized spacial score (nSPS) is 31.7. The second-order valence-electron chi connectivity index (χ2n) is 6.20. The second-order valence-corrected chi connectivity index (χ2v) is 6.20. The largest absolute Gasteiger partial charge is 0.374 e. The fourth-order valence-electron chi connectivity index (χ4n) is 3.73. The summed E-state index contributed by atoms with van der Waals surface area (Å²) in [5.41, 5.74) is 0. The van der Waals surface area contributed by atoms with Gasteiger partial charge in [-0.25, -0.2) is 0 Å². The van der Waals surface area contributed by atoms with Crippen molar-refractivity contribution in [2.24, 2.45) is 0 Å². The molecule has 3 fully saturated rings. The Morgan fingerprint density at radius 1 is 1.10 bits per heavy atom. The number of rotatable bonds is 3. The van der Waals surface area contributed by atoms with E-state index in [2.05, 4.69) is 4.90 Å². The first-order chi connectivity index (χ1) is 9.84. The molecule has 4 heteroatoms. The first-order valence-electron chi connectivity index (χ1n) is 8.16. The number of nitrogens with zero attached hydrogens (tertiary/aromatic N) is 2. The third kappa shape index (κ3) is 3.23. The van der Waals surface area contributed by atoms with Crippen LogP contribution in [0.4, 0.5) is 0 Å². The van der Waals surface area contributed by atoms with E-state index in [1.54, 1.807) is 6.08 Å². The molecule has 2 saturated heterocycles. The maximum Gasteiger partial charge on any atom is 0.246 e. The van der Waals surface area contributed by atoms with Gasteiger partial charge < -0.3 is 9.64 Å². The van der Waals surface area contributed by atoms with Gasteiger partial charge in [-0.15, -0.1) is 0 Å². The van der Waals surface area contributed by atoms with Gasteiger partial charge in [-0.3, -0.25) is 9.69 Å². The summed E-state index contributed by atoms with van der Waals surface area (Å²) < 4.78 is 5.82. The Hall–Kier alpha value is -0.870. The molecule has 2 heterocycles.